The number of sulfonamides is 1. The molecule has 0 atom stereocenters. The third kappa shape index (κ3) is 4.27. The molecule has 1 aromatic carbocycles. The first-order chi connectivity index (χ1) is 12.0. The lowest BCUT2D eigenvalue weighted by Crippen LogP contribution is -2.28. The maximum Gasteiger partial charge on any atom is 0.262 e. The Morgan fingerprint density at radius 3 is 2.76 bits per heavy atom. The summed E-state index contributed by atoms with van der Waals surface area (Å²) in [5.74, 6) is 0.0760. The van der Waals surface area contributed by atoms with Gasteiger partial charge in [-0.15, -0.1) is 0 Å². The van der Waals surface area contributed by atoms with Crippen molar-refractivity contribution in [3.05, 3.63) is 48.3 Å². The summed E-state index contributed by atoms with van der Waals surface area (Å²) in [6.45, 7) is 2.27. The van der Waals surface area contributed by atoms with Gasteiger partial charge in [-0.05, 0) is 31.9 Å². The molecule has 1 aliphatic rings. The van der Waals surface area contributed by atoms with E-state index in [9.17, 15) is 13.2 Å². The third-order valence-corrected chi connectivity index (χ3v) is 5.05. The van der Waals surface area contributed by atoms with Crippen LogP contribution in [0.4, 0.5) is 5.69 Å². The summed E-state index contributed by atoms with van der Waals surface area (Å²) in [4.78, 5) is 16.2. The van der Waals surface area contributed by atoms with Gasteiger partial charge in [-0.2, -0.15) is 0 Å². The van der Waals surface area contributed by atoms with Gasteiger partial charge in [-0.1, -0.05) is 12.1 Å². The summed E-state index contributed by atoms with van der Waals surface area (Å²) < 4.78 is 33.2. The molecule has 1 heterocycles. The molecule has 1 aromatic heterocycles. The van der Waals surface area contributed by atoms with Crippen LogP contribution in [0.1, 0.15) is 30.1 Å². The zero-order valence-electron chi connectivity index (χ0n) is 13.7. The molecule has 0 aliphatic heterocycles. The highest BCUT2D eigenvalue weighted by Gasteiger charge is 2.27. The van der Waals surface area contributed by atoms with E-state index < -0.39 is 10.0 Å². The van der Waals surface area contributed by atoms with Gasteiger partial charge < -0.3 is 10.1 Å². The molecule has 2 aromatic rings. The van der Waals surface area contributed by atoms with Crippen molar-refractivity contribution in [3.63, 3.8) is 0 Å². The number of nitrogens with zero attached hydrogens (tertiary/aromatic N) is 1. The minimum absolute atomic E-state index is 0.0741. The van der Waals surface area contributed by atoms with E-state index in [0.717, 1.165) is 12.8 Å². The minimum Gasteiger partial charge on any atom is -0.492 e. The Morgan fingerprint density at radius 1 is 1.28 bits per heavy atom. The molecule has 1 aliphatic carbocycles. The molecule has 0 unspecified atom stereocenters. The fraction of sp³-hybridized carbons (Fsp3) is 0.294. The average Bonchev–Trinajstić information content (AvgIpc) is 3.39. The van der Waals surface area contributed by atoms with Gasteiger partial charge in [-0.3, -0.25) is 14.5 Å². The Labute approximate surface area is 146 Å². The number of ether oxygens (including phenoxy) is 1. The number of hydrogen-bond donors (Lipinski definition) is 2. The fourth-order valence-electron chi connectivity index (χ4n) is 2.31. The van der Waals surface area contributed by atoms with E-state index >= 15 is 0 Å². The van der Waals surface area contributed by atoms with Crippen LogP contribution >= 0.6 is 0 Å². The first-order valence-corrected chi connectivity index (χ1v) is 9.48. The van der Waals surface area contributed by atoms with Crippen molar-refractivity contribution < 1.29 is 17.9 Å². The van der Waals surface area contributed by atoms with Crippen LogP contribution in [0.5, 0.6) is 5.75 Å². The second-order valence-electron chi connectivity index (χ2n) is 5.69. The number of amides is 1. The zero-order valence-corrected chi connectivity index (χ0v) is 14.5. The van der Waals surface area contributed by atoms with E-state index in [-0.39, 0.29) is 28.1 Å². The van der Waals surface area contributed by atoms with Gasteiger partial charge >= 0.3 is 0 Å². The molecule has 1 fully saturated rings. The van der Waals surface area contributed by atoms with Gasteiger partial charge in [0, 0.05) is 12.1 Å². The van der Waals surface area contributed by atoms with Crippen molar-refractivity contribution in [2.75, 3.05) is 11.3 Å². The average molecular weight is 361 g/mol. The number of hydrogen-bond acceptors (Lipinski definition) is 5. The van der Waals surface area contributed by atoms with Crippen LogP contribution in [0.25, 0.3) is 0 Å². The Morgan fingerprint density at radius 2 is 2.04 bits per heavy atom. The third-order valence-electron chi connectivity index (χ3n) is 3.61. The summed E-state index contributed by atoms with van der Waals surface area (Å²) in [6, 6.07) is 7.81. The molecule has 3 rings (SSSR count). The summed E-state index contributed by atoms with van der Waals surface area (Å²) in [7, 11) is -3.94. The largest absolute Gasteiger partial charge is 0.492 e. The smallest absolute Gasteiger partial charge is 0.262 e. The number of carbonyl (C=O) groups is 1. The summed E-state index contributed by atoms with van der Waals surface area (Å²) in [5.41, 5.74) is 0.388. The van der Waals surface area contributed by atoms with Gasteiger partial charge in [0.25, 0.3) is 15.9 Å². The summed E-state index contributed by atoms with van der Waals surface area (Å²) >= 11 is 0. The summed E-state index contributed by atoms with van der Waals surface area (Å²) in [5, 5.41) is 2.81. The Hall–Kier alpha value is -2.61. The minimum atomic E-state index is -3.94. The van der Waals surface area contributed by atoms with E-state index in [2.05, 4.69) is 15.0 Å². The van der Waals surface area contributed by atoms with Crippen molar-refractivity contribution in [2.45, 2.75) is 30.7 Å². The van der Waals surface area contributed by atoms with Gasteiger partial charge in [-0.25, -0.2) is 8.42 Å². The molecule has 1 amide bonds. The molecule has 1 saturated carbocycles. The van der Waals surface area contributed by atoms with Crippen LogP contribution in [0.15, 0.2) is 47.6 Å². The standard InChI is InChI=1S/C17H19N3O4S/c1-2-24-14-9-13(10-18-11-14)20-25(22,23)16-6-4-3-5-15(16)17(21)19-12-7-8-12/h3-6,9-12,20H,2,7-8H2,1H3,(H,19,21). The molecule has 2 N–H and O–H groups in total. The van der Waals surface area contributed by atoms with Crippen molar-refractivity contribution in [2.24, 2.45) is 0 Å². The van der Waals surface area contributed by atoms with Gasteiger partial charge in [0.15, 0.2) is 0 Å². The van der Waals surface area contributed by atoms with Crippen LogP contribution in [0.3, 0.4) is 0 Å². The first-order valence-electron chi connectivity index (χ1n) is 8.00. The number of nitrogens with one attached hydrogen (secondary N) is 2. The van der Waals surface area contributed by atoms with Crippen LogP contribution in [-0.4, -0.2) is 32.0 Å². The maximum atomic E-state index is 12.7. The maximum absolute atomic E-state index is 12.7. The van der Waals surface area contributed by atoms with Crippen LogP contribution in [-0.2, 0) is 10.0 Å². The highest BCUT2D eigenvalue weighted by atomic mass is 32.2. The van der Waals surface area contributed by atoms with Crippen LogP contribution in [0, 0.1) is 0 Å². The van der Waals surface area contributed by atoms with Crippen molar-refractivity contribution in [1.82, 2.24) is 10.3 Å². The molecule has 0 radical (unpaired) electrons. The quantitative estimate of drug-likeness (QED) is 0.788. The Kier molecular flexibility index (Phi) is 4.89. The number of aromatic nitrogens is 1. The van der Waals surface area contributed by atoms with Crippen molar-refractivity contribution in [3.8, 4) is 5.75 Å². The number of pyridine rings is 1. The lowest BCUT2D eigenvalue weighted by Gasteiger charge is -2.13. The summed E-state index contributed by atoms with van der Waals surface area (Å²) in [6.07, 6.45) is 4.73. The van der Waals surface area contributed by atoms with Crippen molar-refractivity contribution in [1.29, 1.82) is 0 Å². The van der Waals surface area contributed by atoms with Crippen LogP contribution < -0.4 is 14.8 Å². The second kappa shape index (κ2) is 7.10. The van der Waals surface area contributed by atoms with E-state index in [1.54, 1.807) is 18.2 Å². The predicted octanol–water partition coefficient (Wildman–Crippen LogP) is 2.17. The SMILES string of the molecule is CCOc1cncc(NS(=O)(=O)c2ccccc2C(=O)NC2CC2)c1. The normalized spacial score (nSPS) is 14.0. The van der Waals surface area contributed by atoms with Gasteiger partial charge in [0.05, 0.1) is 30.3 Å². The van der Waals surface area contributed by atoms with E-state index in [0.29, 0.717) is 12.4 Å². The zero-order chi connectivity index (χ0) is 17.9. The highest BCUT2D eigenvalue weighted by Crippen LogP contribution is 2.24. The van der Waals surface area contributed by atoms with E-state index in [1.807, 2.05) is 6.92 Å². The topological polar surface area (TPSA) is 97.4 Å². The molecular formula is C17H19N3O4S. The van der Waals surface area contributed by atoms with Crippen molar-refractivity contribution >= 4 is 21.6 Å². The molecule has 7 nitrogen and oxygen atoms in total. The lowest BCUT2D eigenvalue weighted by molar-refractivity contribution is 0.0948. The molecule has 132 valence electrons. The Bertz CT molecular complexity index is 879. The number of anilines is 1. The van der Waals surface area contributed by atoms with E-state index in [1.165, 1.54) is 24.5 Å². The lowest BCUT2D eigenvalue weighted by atomic mass is 10.2. The highest BCUT2D eigenvalue weighted by molar-refractivity contribution is 7.92. The fourth-order valence-corrected chi connectivity index (χ4v) is 3.55. The predicted molar refractivity (Wildman–Crippen MR) is 93.1 cm³/mol. The number of rotatable bonds is 7. The second-order valence-corrected chi connectivity index (χ2v) is 7.34. The van der Waals surface area contributed by atoms with E-state index in [4.69, 9.17) is 4.74 Å². The monoisotopic (exact) mass is 361 g/mol. The Balaban J connectivity index is 1.87. The van der Waals surface area contributed by atoms with Gasteiger partial charge in [0.1, 0.15) is 10.6 Å². The molecule has 0 saturated heterocycles. The molecule has 25 heavy (non-hydrogen) atoms. The molecule has 0 bridgehead atoms. The number of benzene rings is 1. The molecule has 0 spiro atoms. The molecular weight excluding hydrogens is 342 g/mol. The number of carbonyl (C=O) groups excluding carboxylic acids is 1. The van der Waals surface area contributed by atoms with Crippen LogP contribution in [0.2, 0.25) is 0 Å². The molecule has 8 heteroatoms. The first kappa shape index (κ1) is 17.2. The van der Waals surface area contributed by atoms with Gasteiger partial charge in [0.2, 0.25) is 0 Å².